The summed E-state index contributed by atoms with van der Waals surface area (Å²) < 4.78 is 29.2. The number of amides is 3. The van der Waals surface area contributed by atoms with Crippen LogP contribution >= 0.6 is 15.9 Å². The van der Waals surface area contributed by atoms with Crippen LogP contribution in [0.3, 0.4) is 0 Å². The molecule has 17 nitrogen and oxygen atoms in total. The Morgan fingerprint density at radius 3 is 2.11 bits per heavy atom. The number of aromatic hydroxyl groups is 1. The molecule has 2 heterocycles. The van der Waals surface area contributed by atoms with Crippen LogP contribution in [0.25, 0.3) is 0 Å². The van der Waals surface area contributed by atoms with Gasteiger partial charge in [0.2, 0.25) is 23.3 Å². The van der Waals surface area contributed by atoms with E-state index < -0.39 is 83.4 Å². The molecular formula is C38H47BrN4O13Si. The molecule has 308 valence electrons. The summed E-state index contributed by atoms with van der Waals surface area (Å²) in [6, 6.07) is 5.19. The number of alkyl carbamates (subject to hydrolysis) is 1. The number of carbonyl (C=O) groups is 4. The van der Waals surface area contributed by atoms with E-state index in [4.69, 9.17) is 23.4 Å². The second kappa shape index (κ2) is 17.0. The minimum absolute atomic E-state index is 0.0247. The quantitative estimate of drug-likeness (QED) is 0.0878. The Bertz CT molecular complexity index is 2070. The molecule has 0 unspecified atom stereocenters. The molecule has 3 aromatic rings. The number of hydrogen-bond donors (Lipinski definition) is 5. The van der Waals surface area contributed by atoms with Gasteiger partial charge in [-0.3, -0.25) is 19.7 Å². The van der Waals surface area contributed by atoms with Crippen molar-refractivity contribution in [1.29, 1.82) is 0 Å². The first kappa shape index (κ1) is 44.3. The van der Waals surface area contributed by atoms with Crippen molar-refractivity contribution in [1.82, 2.24) is 16.0 Å². The van der Waals surface area contributed by atoms with Gasteiger partial charge in [0.25, 0.3) is 0 Å². The summed E-state index contributed by atoms with van der Waals surface area (Å²) >= 11 is 3.39. The summed E-state index contributed by atoms with van der Waals surface area (Å²) in [4.78, 5) is 67.3. The van der Waals surface area contributed by atoms with Gasteiger partial charge in [0.1, 0.15) is 29.5 Å². The van der Waals surface area contributed by atoms with Crippen LogP contribution in [0.15, 0.2) is 53.0 Å². The van der Waals surface area contributed by atoms with Crippen molar-refractivity contribution in [3.8, 4) is 28.7 Å². The van der Waals surface area contributed by atoms with Gasteiger partial charge in [0.05, 0.1) is 23.6 Å². The number of nitrogens with one attached hydrogen (secondary N) is 3. The molecular weight excluding hydrogens is 828 g/mol. The maximum absolute atomic E-state index is 14.5. The monoisotopic (exact) mass is 874 g/mol. The van der Waals surface area contributed by atoms with Crippen LogP contribution in [0.4, 0.5) is 10.5 Å². The molecule has 3 amide bonds. The number of fused-ring (bicyclic) bond motifs is 9. The Balaban J connectivity index is 2.07. The third kappa shape index (κ3) is 10.3. The minimum Gasteiger partial charge on any atom is -0.504 e. The lowest BCUT2D eigenvalue weighted by atomic mass is 9.98. The molecule has 5 rings (SSSR count). The molecule has 2 aliphatic heterocycles. The van der Waals surface area contributed by atoms with Crippen LogP contribution in [0.1, 0.15) is 76.4 Å². The van der Waals surface area contributed by atoms with E-state index in [1.165, 1.54) is 50.6 Å². The fourth-order valence-corrected chi connectivity index (χ4v) is 7.37. The van der Waals surface area contributed by atoms with Crippen LogP contribution in [0, 0.1) is 10.1 Å². The zero-order chi connectivity index (χ0) is 42.8. The summed E-state index contributed by atoms with van der Waals surface area (Å²) in [7, 11) is -0.289. The fraction of sp³-hybridized carbons (Fsp3) is 0.421. The number of rotatable bonds is 8. The molecule has 5 N–H and O–H groups in total. The minimum atomic E-state index is -2.92. The maximum Gasteiger partial charge on any atom is 0.408 e. The Morgan fingerprint density at radius 1 is 0.912 bits per heavy atom. The summed E-state index contributed by atoms with van der Waals surface area (Å²) in [6.45, 7) is 14.2. The highest BCUT2D eigenvalue weighted by molar-refractivity contribution is 9.10. The van der Waals surface area contributed by atoms with Crippen molar-refractivity contribution < 1.29 is 57.7 Å². The predicted molar refractivity (Wildman–Crippen MR) is 212 cm³/mol. The van der Waals surface area contributed by atoms with Gasteiger partial charge < -0.3 is 49.5 Å². The lowest BCUT2D eigenvalue weighted by Crippen LogP contribution is -2.54. The molecule has 0 aromatic heterocycles. The number of carboxylic acids is 1. The Morgan fingerprint density at radius 2 is 1.56 bits per heavy atom. The third-order valence-corrected chi connectivity index (χ3v) is 14.5. The largest absolute Gasteiger partial charge is 0.504 e. The van der Waals surface area contributed by atoms with Gasteiger partial charge in [-0.1, -0.05) is 32.9 Å². The highest BCUT2D eigenvalue weighted by atomic mass is 79.9. The van der Waals surface area contributed by atoms with Crippen molar-refractivity contribution in [3.63, 3.8) is 0 Å². The molecule has 0 saturated heterocycles. The number of phenolic OH excluding ortho intramolecular Hbond substituents is 1. The maximum atomic E-state index is 14.5. The summed E-state index contributed by atoms with van der Waals surface area (Å²) in [5.41, 5.74) is -1.60. The summed E-state index contributed by atoms with van der Waals surface area (Å²) in [6.07, 6.45) is -2.57. The number of nitrogens with zero attached hydrogens (tertiary/aromatic N) is 1. The van der Waals surface area contributed by atoms with Gasteiger partial charge in [-0.2, -0.15) is 0 Å². The Labute approximate surface area is 338 Å². The molecule has 57 heavy (non-hydrogen) atoms. The molecule has 0 spiro atoms. The first-order valence-corrected chi connectivity index (χ1v) is 21.3. The van der Waals surface area contributed by atoms with Crippen molar-refractivity contribution >= 4 is 53.8 Å². The first-order valence-electron chi connectivity index (χ1n) is 17.6. The van der Waals surface area contributed by atoms with Crippen molar-refractivity contribution in [2.24, 2.45) is 0 Å². The number of ether oxygens (including phenoxy) is 4. The van der Waals surface area contributed by atoms with Crippen molar-refractivity contribution in [3.05, 3.63) is 79.8 Å². The number of hydrogen-bond acceptors (Lipinski definition) is 12. The van der Waals surface area contributed by atoms with E-state index in [2.05, 4.69) is 31.9 Å². The van der Waals surface area contributed by atoms with Gasteiger partial charge >= 0.3 is 17.7 Å². The van der Waals surface area contributed by atoms with Crippen LogP contribution in [0.2, 0.25) is 18.1 Å². The molecule has 4 atom stereocenters. The lowest BCUT2D eigenvalue weighted by molar-refractivity contribution is -0.385. The number of carbonyl (C=O) groups excluding carboxylic acids is 3. The van der Waals surface area contributed by atoms with Crippen molar-refractivity contribution in [2.45, 2.75) is 89.5 Å². The SMILES string of the molecule is COc1ccc([C@@H]2NC(=O)[C@H](NC(=O)OC(C)(C)C)c3cc(O)c(OC)c(c3)Oc3ccc(cc3[N+](=O)[O-])[C@H](O[Si](C)(C)C(C)(C)C)[C@H](C(=O)O)NC2=O)cc1Br. The predicted octanol–water partition coefficient (Wildman–Crippen LogP) is 6.94. The second-order valence-corrected chi connectivity index (χ2v) is 21.3. The van der Waals surface area contributed by atoms with Gasteiger partial charge in [-0.15, -0.1) is 0 Å². The van der Waals surface area contributed by atoms with Gasteiger partial charge in [0.15, 0.2) is 25.9 Å². The number of nitro groups is 1. The molecule has 0 aliphatic carbocycles. The van der Waals surface area contributed by atoms with Gasteiger partial charge in [-0.25, -0.2) is 9.59 Å². The van der Waals surface area contributed by atoms with Crippen LogP contribution in [-0.4, -0.2) is 73.2 Å². The zero-order valence-corrected chi connectivity index (χ0v) is 35.7. The summed E-state index contributed by atoms with van der Waals surface area (Å²) in [5, 5.41) is 41.6. The smallest absolute Gasteiger partial charge is 0.408 e. The van der Waals surface area contributed by atoms with E-state index in [1.54, 1.807) is 20.8 Å². The average Bonchev–Trinajstić information content (AvgIpc) is 3.09. The van der Waals surface area contributed by atoms with E-state index in [9.17, 15) is 39.5 Å². The highest BCUT2D eigenvalue weighted by Gasteiger charge is 2.45. The number of carboxylic acid groups (broad SMARTS) is 1. The molecule has 2 aliphatic rings. The van der Waals surface area contributed by atoms with Gasteiger partial charge in [0, 0.05) is 6.07 Å². The second-order valence-electron chi connectivity index (χ2n) is 15.7. The van der Waals surface area contributed by atoms with E-state index in [0.29, 0.717) is 10.2 Å². The Hall–Kier alpha value is -5.40. The molecule has 0 fully saturated rings. The molecule has 19 heteroatoms. The average molecular weight is 876 g/mol. The molecule has 0 saturated carbocycles. The highest BCUT2D eigenvalue weighted by Crippen LogP contribution is 2.46. The fourth-order valence-electron chi connectivity index (χ4n) is 5.55. The van der Waals surface area contributed by atoms with Crippen LogP contribution in [-0.2, 0) is 23.5 Å². The number of benzene rings is 3. The number of methoxy groups -OCH3 is 2. The van der Waals surface area contributed by atoms with Crippen LogP contribution < -0.4 is 30.2 Å². The Kier molecular flexibility index (Phi) is 13.2. The number of halogens is 1. The van der Waals surface area contributed by atoms with Crippen molar-refractivity contribution in [2.75, 3.05) is 14.2 Å². The number of phenols is 1. The molecule has 3 aromatic carbocycles. The lowest BCUT2D eigenvalue weighted by Gasteiger charge is -2.41. The topological polar surface area (TPSA) is 234 Å². The third-order valence-electron chi connectivity index (χ3n) is 9.40. The van der Waals surface area contributed by atoms with Crippen LogP contribution in [0.5, 0.6) is 28.7 Å². The van der Waals surface area contributed by atoms with E-state index in [1.807, 2.05) is 33.9 Å². The molecule has 4 bridgehead atoms. The van der Waals surface area contributed by atoms with Gasteiger partial charge in [-0.05, 0) is 102 Å². The standard InChI is InChI=1S/C38H47BrN4O13Si/c1-37(2,3)55-36(49)42-29-21-17-24(44)32(53-8)27(18-21)54-26-14-12-20(16-23(26)43(50)51)31(56-57(9,10)38(4,5)6)30(35(47)48)41-33(45)28(40-34(29)46)19-11-13-25(52-7)22(39)15-19/h11-18,28-31,44H,1-10H3,(H,40,46)(H,41,45)(H,42,49)(H,47,48)/t28-,29+,30+,31-/m0/s1. The van der Waals surface area contributed by atoms with E-state index in [0.717, 1.165) is 12.1 Å². The number of aliphatic carboxylic acids is 1. The van der Waals surface area contributed by atoms with E-state index in [-0.39, 0.29) is 33.9 Å². The normalized spacial score (nSPS) is 19.1. The first-order chi connectivity index (χ1) is 26.4. The number of nitro benzene ring substituents is 1. The molecule has 0 radical (unpaired) electrons. The zero-order valence-electron chi connectivity index (χ0n) is 33.1. The summed E-state index contributed by atoms with van der Waals surface area (Å²) in [5.74, 6) is -4.73. The van der Waals surface area contributed by atoms with E-state index >= 15 is 0 Å².